The van der Waals surface area contributed by atoms with Gasteiger partial charge in [0, 0.05) is 32.9 Å². The first-order chi connectivity index (χ1) is 9.81. The van der Waals surface area contributed by atoms with Gasteiger partial charge in [0.15, 0.2) is 0 Å². The molecule has 4 nitrogen and oxygen atoms in total. The quantitative estimate of drug-likeness (QED) is 0.831. The molecule has 0 spiro atoms. The van der Waals surface area contributed by atoms with Crippen LogP contribution >= 0.6 is 0 Å². The number of ether oxygens (including phenoxy) is 1. The lowest BCUT2D eigenvalue weighted by atomic mass is 9.98. The Hall–Kier alpha value is -1.13. The topological polar surface area (TPSA) is 37.4 Å². The molecule has 1 aromatic heterocycles. The SMILES string of the molecule is CCCNc1ccc(CN2CCCC(COC)C2)cn1. The van der Waals surface area contributed by atoms with Crippen molar-refractivity contribution in [1.29, 1.82) is 0 Å². The monoisotopic (exact) mass is 277 g/mol. The van der Waals surface area contributed by atoms with Crippen LogP contribution in [0.2, 0.25) is 0 Å². The fraction of sp³-hybridized carbons (Fsp3) is 0.688. The Balaban J connectivity index is 1.83. The van der Waals surface area contributed by atoms with E-state index >= 15 is 0 Å². The number of likely N-dealkylation sites (tertiary alicyclic amines) is 1. The number of hydrogen-bond donors (Lipinski definition) is 1. The number of piperidine rings is 1. The summed E-state index contributed by atoms with van der Waals surface area (Å²) in [5, 5.41) is 3.31. The fourth-order valence-corrected chi connectivity index (χ4v) is 2.80. The molecule has 2 heterocycles. The summed E-state index contributed by atoms with van der Waals surface area (Å²) in [6, 6.07) is 4.27. The molecule has 0 bridgehead atoms. The van der Waals surface area contributed by atoms with Crippen molar-refractivity contribution >= 4 is 5.82 Å². The van der Waals surface area contributed by atoms with Gasteiger partial charge in [-0.15, -0.1) is 0 Å². The van der Waals surface area contributed by atoms with Crippen molar-refractivity contribution in [1.82, 2.24) is 9.88 Å². The summed E-state index contributed by atoms with van der Waals surface area (Å²) in [4.78, 5) is 6.99. The number of pyridine rings is 1. The van der Waals surface area contributed by atoms with Crippen molar-refractivity contribution in [2.24, 2.45) is 5.92 Å². The zero-order chi connectivity index (χ0) is 14.2. The second-order valence-corrected chi connectivity index (χ2v) is 5.68. The lowest BCUT2D eigenvalue weighted by molar-refractivity contribution is 0.0873. The van der Waals surface area contributed by atoms with Gasteiger partial charge in [0.05, 0.1) is 6.61 Å². The van der Waals surface area contributed by atoms with E-state index in [4.69, 9.17) is 4.74 Å². The maximum atomic E-state index is 5.29. The molecule has 0 radical (unpaired) electrons. The van der Waals surface area contributed by atoms with Crippen molar-refractivity contribution in [3.8, 4) is 0 Å². The molecule has 1 atom stereocenters. The molecule has 0 saturated carbocycles. The minimum Gasteiger partial charge on any atom is -0.384 e. The van der Waals surface area contributed by atoms with Crippen LogP contribution in [0.15, 0.2) is 18.3 Å². The van der Waals surface area contributed by atoms with Gasteiger partial charge in [-0.3, -0.25) is 4.90 Å². The maximum absolute atomic E-state index is 5.29. The van der Waals surface area contributed by atoms with Crippen LogP contribution in [0.1, 0.15) is 31.7 Å². The van der Waals surface area contributed by atoms with Gasteiger partial charge < -0.3 is 10.1 Å². The van der Waals surface area contributed by atoms with E-state index in [0.717, 1.165) is 38.5 Å². The molecule has 0 amide bonds. The first-order valence-electron chi connectivity index (χ1n) is 7.72. The summed E-state index contributed by atoms with van der Waals surface area (Å²) < 4.78 is 5.29. The molecule has 1 unspecified atom stereocenters. The van der Waals surface area contributed by atoms with E-state index in [0.29, 0.717) is 5.92 Å². The predicted octanol–water partition coefficient (Wildman–Crippen LogP) is 2.76. The lowest BCUT2D eigenvalue weighted by Gasteiger charge is -2.32. The Morgan fingerprint density at radius 1 is 1.45 bits per heavy atom. The molecule has 1 aliphatic rings. The summed E-state index contributed by atoms with van der Waals surface area (Å²) in [5.41, 5.74) is 1.30. The van der Waals surface area contributed by atoms with E-state index in [1.165, 1.54) is 24.9 Å². The summed E-state index contributed by atoms with van der Waals surface area (Å²) in [7, 11) is 1.80. The highest BCUT2D eigenvalue weighted by molar-refractivity contribution is 5.35. The van der Waals surface area contributed by atoms with Crippen LogP contribution in [-0.4, -0.2) is 43.2 Å². The Morgan fingerprint density at radius 2 is 2.35 bits per heavy atom. The van der Waals surface area contributed by atoms with Crippen LogP contribution in [0.25, 0.3) is 0 Å². The second-order valence-electron chi connectivity index (χ2n) is 5.68. The van der Waals surface area contributed by atoms with Gasteiger partial charge in [0.2, 0.25) is 0 Å². The molecular formula is C16H27N3O. The molecule has 1 saturated heterocycles. The van der Waals surface area contributed by atoms with Gasteiger partial charge in [0.25, 0.3) is 0 Å². The number of methoxy groups -OCH3 is 1. The van der Waals surface area contributed by atoms with Crippen LogP contribution in [0.4, 0.5) is 5.82 Å². The number of aromatic nitrogens is 1. The van der Waals surface area contributed by atoms with E-state index in [1.807, 2.05) is 6.20 Å². The van der Waals surface area contributed by atoms with Gasteiger partial charge in [-0.05, 0) is 43.4 Å². The van der Waals surface area contributed by atoms with Crippen molar-refractivity contribution in [2.75, 3.05) is 38.7 Å². The zero-order valence-corrected chi connectivity index (χ0v) is 12.8. The average Bonchev–Trinajstić information content (AvgIpc) is 2.47. The fourth-order valence-electron chi connectivity index (χ4n) is 2.80. The minimum absolute atomic E-state index is 0.687. The first-order valence-corrected chi connectivity index (χ1v) is 7.72. The number of anilines is 1. The highest BCUT2D eigenvalue weighted by Crippen LogP contribution is 2.18. The molecule has 1 N–H and O–H groups in total. The van der Waals surface area contributed by atoms with E-state index in [9.17, 15) is 0 Å². The number of hydrogen-bond acceptors (Lipinski definition) is 4. The van der Waals surface area contributed by atoms with Crippen molar-refractivity contribution in [3.63, 3.8) is 0 Å². The predicted molar refractivity (Wildman–Crippen MR) is 82.9 cm³/mol. The normalized spacial score (nSPS) is 20.0. The van der Waals surface area contributed by atoms with Crippen LogP contribution in [-0.2, 0) is 11.3 Å². The van der Waals surface area contributed by atoms with Gasteiger partial charge in [-0.2, -0.15) is 0 Å². The van der Waals surface area contributed by atoms with E-state index in [1.54, 1.807) is 7.11 Å². The zero-order valence-electron chi connectivity index (χ0n) is 12.8. The lowest BCUT2D eigenvalue weighted by Crippen LogP contribution is -2.36. The molecule has 112 valence electrons. The summed E-state index contributed by atoms with van der Waals surface area (Å²) >= 11 is 0. The highest BCUT2D eigenvalue weighted by Gasteiger charge is 2.19. The number of nitrogens with one attached hydrogen (secondary N) is 1. The Morgan fingerprint density at radius 3 is 3.05 bits per heavy atom. The van der Waals surface area contributed by atoms with Crippen LogP contribution in [0.5, 0.6) is 0 Å². The van der Waals surface area contributed by atoms with Crippen molar-refractivity contribution in [2.45, 2.75) is 32.7 Å². The Bertz CT molecular complexity index is 378. The Kier molecular flexibility index (Phi) is 6.27. The number of rotatable bonds is 7. The number of nitrogens with zero attached hydrogens (tertiary/aromatic N) is 2. The minimum atomic E-state index is 0.687. The summed E-state index contributed by atoms with van der Waals surface area (Å²) in [5.74, 6) is 1.67. The third kappa shape index (κ3) is 4.76. The van der Waals surface area contributed by atoms with Gasteiger partial charge in [-0.1, -0.05) is 13.0 Å². The Labute approximate surface area is 122 Å². The third-order valence-corrected chi connectivity index (χ3v) is 3.79. The van der Waals surface area contributed by atoms with E-state index in [-0.39, 0.29) is 0 Å². The standard InChI is InChI=1S/C16H27N3O/c1-3-8-17-16-7-6-14(10-18-16)11-19-9-4-5-15(12-19)13-20-2/h6-7,10,15H,3-5,8-9,11-13H2,1-2H3,(H,17,18). The molecule has 1 aliphatic heterocycles. The molecule has 1 aromatic rings. The van der Waals surface area contributed by atoms with Crippen LogP contribution in [0, 0.1) is 5.92 Å². The molecule has 0 aromatic carbocycles. The molecule has 0 aliphatic carbocycles. The molecule has 4 heteroatoms. The second kappa shape index (κ2) is 8.22. The average molecular weight is 277 g/mol. The van der Waals surface area contributed by atoms with Gasteiger partial charge in [0.1, 0.15) is 5.82 Å². The van der Waals surface area contributed by atoms with Crippen LogP contribution in [0.3, 0.4) is 0 Å². The molecule has 20 heavy (non-hydrogen) atoms. The largest absolute Gasteiger partial charge is 0.384 e. The highest BCUT2D eigenvalue weighted by atomic mass is 16.5. The van der Waals surface area contributed by atoms with E-state index < -0.39 is 0 Å². The maximum Gasteiger partial charge on any atom is 0.125 e. The summed E-state index contributed by atoms with van der Waals surface area (Å²) in [6.45, 7) is 7.36. The summed E-state index contributed by atoms with van der Waals surface area (Å²) in [6.07, 6.45) is 5.69. The molecular weight excluding hydrogens is 250 g/mol. The van der Waals surface area contributed by atoms with Gasteiger partial charge >= 0.3 is 0 Å². The third-order valence-electron chi connectivity index (χ3n) is 3.79. The smallest absolute Gasteiger partial charge is 0.125 e. The van der Waals surface area contributed by atoms with Gasteiger partial charge in [-0.25, -0.2) is 4.98 Å². The van der Waals surface area contributed by atoms with Crippen LogP contribution < -0.4 is 5.32 Å². The molecule has 1 fully saturated rings. The molecule has 2 rings (SSSR count). The van der Waals surface area contributed by atoms with E-state index in [2.05, 4.69) is 34.3 Å². The van der Waals surface area contributed by atoms with Crippen molar-refractivity contribution < 1.29 is 4.74 Å². The first kappa shape index (κ1) is 15.3. The van der Waals surface area contributed by atoms with Crippen molar-refractivity contribution in [3.05, 3.63) is 23.9 Å².